The lowest BCUT2D eigenvalue weighted by Crippen LogP contribution is -1.72. The summed E-state index contributed by atoms with van der Waals surface area (Å²) in [5.41, 5.74) is 0. The van der Waals surface area contributed by atoms with Gasteiger partial charge in [0, 0.05) is 6.21 Å². The third kappa shape index (κ3) is 5.14. The number of nitrogens with zero attached hydrogens (tertiary/aromatic N) is 2. The van der Waals surface area contributed by atoms with E-state index in [9.17, 15) is 0 Å². The van der Waals surface area contributed by atoms with E-state index in [2.05, 4.69) is 14.9 Å². The van der Waals surface area contributed by atoms with Crippen molar-refractivity contribution < 1.29 is 4.74 Å². The van der Waals surface area contributed by atoms with E-state index in [4.69, 9.17) is 0 Å². The molecule has 0 fully saturated rings. The average Bonchev–Trinajstić information content (AvgIpc) is 1.69. The van der Waals surface area contributed by atoms with Crippen LogP contribution in [0.3, 0.4) is 0 Å². The molecule has 0 bridgehead atoms. The summed E-state index contributed by atoms with van der Waals surface area (Å²) in [5.74, 6) is 0. The molecule has 0 spiro atoms. The average molecular weight is 100 g/mol. The van der Waals surface area contributed by atoms with Gasteiger partial charge in [-0.25, -0.2) is 0 Å². The maximum absolute atomic E-state index is 4.44. The van der Waals surface area contributed by atoms with Crippen LogP contribution in [0, 0.1) is 0 Å². The Labute approximate surface area is 42.7 Å². The van der Waals surface area contributed by atoms with Gasteiger partial charge in [0.2, 0.25) is 0 Å². The van der Waals surface area contributed by atoms with Crippen LogP contribution in [0.2, 0.25) is 0 Å². The Kier molecular flexibility index (Phi) is 4.51. The highest BCUT2D eigenvalue weighted by Crippen LogP contribution is 1.63. The summed E-state index contributed by atoms with van der Waals surface area (Å²) < 4.78 is 4.44. The highest BCUT2D eigenvalue weighted by Gasteiger charge is 1.56. The first-order valence-corrected chi connectivity index (χ1v) is 1.94. The molecule has 3 nitrogen and oxygen atoms in total. The van der Waals surface area contributed by atoms with Gasteiger partial charge in [-0.2, -0.15) is 5.10 Å². The molecule has 0 aromatic heterocycles. The Morgan fingerprint density at radius 3 is 2.57 bits per heavy atom. The normalized spacial score (nSPS) is 11.1. The quantitative estimate of drug-likeness (QED) is 0.285. The molecule has 0 aliphatic rings. The number of ether oxygens (including phenoxy) is 1. The van der Waals surface area contributed by atoms with E-state index in [0.29, 0.717) is 0 Å². The van der Waals surface area contributed by atoms with E-state index in [-0.39, 0.29) is 0 Å². The fraction of sp³-hybridized carbons (Fsp3) is 0.500. The van der Waals surface area contributed by atoms with Crippen LogP contribution in [0.5, 0.6) is 0 Å². The fourth-order valence-electron chi connectivity index (χ4n) is 0.141. The Morgan fingerprint density at radius 2 is 2.14 bits per heavy atom. The lowest BCUT2D eigenvalue weighted by Gasteiger charge is -1.77. The topological polar surface area (TPSA) is 34.0 Å². The second-order valence-electron chi connectivity index (χ2n) is 0.830. The van der Waals surface area contributed by atoms with Crippen molar-refractivity contribution in [1.82, 2.24) is 0 Å². The van der Waals surface area contributed by atoms with Crippen molar-refractivity contribution in [3.05, 3.63) is 0 Å². The molecular weight excluding hydrogens is 92.1 g/mol. The SMILES string of the molecule is C/C=N/N=C\OC. The maximum atomic E-state index is 4.44. The Hall–Kier alpha value is -0.860. The van der Waals surface area contributed by atoms with Crippen molar-refractivity contribution in [2.75, 3.05) is 7.11 Å². The van der Waals surface area contributed by atoms with E-state index in [1.807, 2.05) is 0 Å². The molecule has 0 radical (unpaired) electrons. The van der Waals surface area contributed by atoms with Gasteiger partial charge in [-0.1, -0.05) is 0 Å². The smallest absolute Gasteiger partial charge is 0.194 e. The fourth-order valence-corrected chi connectivity index (χ4v) is 0.141. The van der Waals surface area contributed by atoms with Crippen LogP contribution in [0.25, 0.3) is 0 Å². The van der Waals surface area contributed by atoms with Gasteiger partial charge in [0.1, 0.15) is 0 Å². The van der Waals surface area contributed by atoms with Crippen LogP contribution in [-0.2, 0) is 4.74 Å². The molecule has 0 rings (SSSR count). The Bertz CT molecular complexity index is 77.8. The van der Waals surface area contributed by atoms with Crippen molar-refractivity contribution >= 4 is 12.6 Å². The second kappa shape index (κ2) is 5.14. The maximum Gasteiger partial charge on any atom is 0.194 e. The minimum absolute atomic E-state index is 1.26. The number of methoxy groups -OCH3 is 1. The minimum Gasteiger partial charge on any atom is -0.485 e. The van der Waals surface area contributed by atoms with Crippen molar-refractivity contribution in [3.63, 3.8) is 0 Å². The molecule has 0 aromatic rings. The summed E-state index contributed by atoms with van der Waals surface area (Å²) in [6.45, 7) is 1.78. The van der Waals surface area contributed by atoms with Crippen LogP contribution in [-0.4, -0.2) is 19.7 Å². The lowest BCUT2D eigenvalue weighted by molar-refractivity contribution is 0.421. The third-order valence-electron chi connectivity index (χ3n) is 0.335. The van der Waals surface area contributed by atoms with Crippen LogP contribution in [0.4, 0.5) is 0 Å². The third-order valence-corrected chi connectivity index (χ3v) is 0.335. The van der Waals surface area contributed by atoms with Crippen LogP contribution < -0.4 is 0 Å². The van der Waals surface area contributed by atoms with Gasteiger partial charge in [-0.3, -0.25) is 0 Å². The van der Waals surface area contributed by atoms with Gasteiger partial charge < -0.3 is 4.74 Å². The molecule has 0 unspecified atom stereocenters. The molecule has 0 aromatic carbocycles. The molecule has 0 amide bonds. The van der Waals surface area contributed by atoms with Crippen molar-refractivity contribution in [3.8, 4) is 0 Å². The van der Waals surface area contributed by atoms with Gasteiger partial charge in [0.05, 0.1) is 7.11 Å². The monoisotopic (exact) mass is 100 g/mol. The molecule has 0 saturated carbocycles. The molecule has 3 heteroatoms. The highest BCUT2D eigenvalue weighted by atomic mass is 16.5. The molecular formula is C4H8N2O. The Balaban J connectivity index is 3.09. The van der Waals surface area contributed by atoms with Crippen molar-refractivity contribution in [2.45, 2.75) is 6.92 Å². The zero-order chi connectivity index (χ0) is 5.54. The number of hydrogen-bond donors (Lipinski definition) is 0. The van der Waals surface area contributed by atoms with Crippen LogP contribution in [0.1, 0.15) is 6.92 Å². The van der Waals surface area contributed by atoms with Gasteiger partial charge in [-0.15, -0.1) is 5.10 Å². The number of hydrogen-bond acceptors (Lipinski definition) is 3. The molecule has 0 heterocycles. The number of rotatable bonds is 2. The largest absolute Gasteiger partial charge is 0.485 e. The molecule has 0 aliphatic carbocycles. The van der Waals surface area contributed by atoms with E-state index in [1.165, 1.54) is 13.5 Å². The van der Waals surface area contributed by atoms with Gasteiger partial charge in [0.25, 0.3) is 0 Å². The first-order chi connectivity index (χ1) is 3.41. The van der Waals surface area contributed by atoms with Gasteiger partial charge in [0.15, 0.2) is 6.40 Å². The molecule has 0 atom stereocenters. The van der Waals surface area contributed by atoms with E-state index in [1.54, 1.807) is 13.1 Å². The van der Waals surface area contributed by atoms with Crippen molar-refractivity contribution in [2.24, 2.45) is 10.2 Å². The summed E-state index contributed by atoms with van der Waals surface area (Å²) in [6, 6.07) is 0. The standard InChI is InChI=1S/C4H8N2O/c1-3-5-6-4-7-2/h3-4H,1-2H3/b5-3+,6-4-. The zero-order valence-electron chi connectivity index (χ0n) is 4.46. The first kappa shape index (κ1) is 6.14. The van der Waals surface area contributed by atoms with Crippen LogP contribution in [0.15, 0.2) is 10.2 Å². The van der Waals surface area contributed by atoms with E-state index >= 15 is 0 Å². The lowest BCUT2D eigenvalue weighted by atomic mass is 10.9. The predicted octanol–water partition coefficient (Wildman–Crippen LogP) is 0.667. The minimum atomic E-state index is 1.26. The summed E-state index contributed by atoms with van der Waals surface area (Å²) in [4.78, 5) is 0. The molecule has 7 heavy (non-hydrogen) atoms. The molecule has 0 N–H and O–H groups in total. The summed E-state index contributed by atoms with van der Waals surface area (Å²) in [5, 5.41) is 6.91. The van der Waals surface area contributed by atoms with Gasteiger partial charge >= 0.3 is 0 Å². The zero-order valence-corrected chi connectivity index (χ0v) is 4.46. The van der Waals surface area contributed by atoms with Crippen LogP contribution >= 0.6 is 0 Å². The summed E-state index contributed by atoms with van der Waals surface area (Å²) in [7, 11) is 1.52. The molecule has 40 valence electrons. The Morgan fingerprint density at radius 1 is 1.43 bits per heavy atom. The predicted molar refractivity (Wildman–Crippen MR) is 29.7 cm³/mol. The summed E-state index contributed by atoms with van der Waals surface area (Å²) >= 11 is 0. The first-order valence-electron chi connectivity index (χ1n) is 1.94. The van der Waals surface area contributed by atoms with Gasteiger partial charge in [-0.05, 0) is 6.92 Å². The van der Waals surface area contributed by atoms with E-state index in [0.717, 1.165) is 0 Å². The second-order valence-corrected chi connectivity index (χ2v) is 0.830. The molecule has 0 aliphatic heterocycles. The van der Waals surface area contributed by atoms with Crippen molar-refractivity contribution in [1.29, 1.82) is 0 Å². The summed E-state index contributed by atoms with van der Waals surface area (Å²) in [6.07, 6.45) is 2.84. The molecule has 0 saturated heterocycles. The highest BCUT2D eigenvalue weighted by molar-refractivity contribution is 5.55. The van der Waals surface area contributed by atoms with E-state index < -0.39 is 0 Å².